The molecule has 0 aliphatic heterocycles. The molecule has 162 valence electrons. The molecule has 1 fully saturated rings. The number of carbonyl (C=O) groups is 1. The zero-order chi connectivity index (χ0) is 20.6. The highest BCUT2D eigenvalue weighted by Crippen LogP contribution is 2.38. The number of aliphatic carboxylic acids is 1. The van der Waals surface area contributed by atoms with E-state index in [1.54, 1.807) is 0 Å². The van der Waals surface area contributed by atoms with Crippen molar-refractivity contribution in [2.75, 3.05) is 13.2 Å². The lowest BCUT2D eigenvalue weighted by Crippen LogP contribution is -2.34. The first-order valence-electron chi connectivity index (χ1n) is 10.3. The predicted octanol–water partition coefficient (Wildman–Crippen LogP) is 4.32. The molecular formula is C19H39NO6S. The highest BCUT2D eigenvalue weighted by Gasteiger charge is 2.32. The van der Waals surface area contributed by atoms with Gasteiger partial charge >= 0.3 is 16.4 Å². The minimum absolute atomic E-state index is 0.0793. The van der Waals surface area contributed by atoms with Gasteiger partial charge in [0.2, 0.25) is 0 Å². The van der Waals surface area contributed by atoms with E-state index in [0.717, 1.165) is 38.5 Å². The van der Waals surface area contributed by atoms with Crippen LogP contribution in [0.3, 0.4) is 0 Å². The minimum Gasteiger partial charge on any atom is -0.481 e. The van der Waals surface area contributed by atoms with Crippen molar-refractivity contribution in [3.8, 4) is 0 Å². The lowest BCUT2D eigenvalue weighted by Gasteiger charge is -2.34. The van der Waals surface area contributed by atoms with Crippen LogP contribution in [-0.2, 0) is 19.4 Å². The molecule has 1 aliphatic carbocycles. The molecule has 8 heteroatoms. The quantitative estimate of drug-likeness (QED) is 0.305. The number of hydrogen-bond acceptors (Lipinski definition) is 5. The summed E-state index contributed by atoms with van der Waals surface area (Å²) in [4.78, 5) is 10.6. The van der Waals surface area contributed by atoms with E-state index in [1.807, 2.05) is 0 Å². The molecule has 4 N–H and O–H groups in total. The van der Waals surface area contributed by atoms with Gasteiger partial charge in [-0.15, -0.1) is 0 Å². The van der Waals surface area contributed by atoms with Gasteiger partial charge in [-0.3, -0.25) is 9.35 Å². The molecule has 0 aromatic rings. The molecule has 0 aromatic carbocycles. The van der Waals surface area contributed by atoms with Gasteiger partial charge in [0, 0.05) is 0 Å². The van der Waals surface area contributed by atoms with Gasteiger partial charge in [0.1, 0.15) is 0 Å². The van der Waals surface area contributed by atoms with Crippen molar-refractivity contribution < 1.29 is 27.1 Å². The van der Waals surface area contributed by atoms with Crippen LogP contribution in [0.4, 0.5) is 0 Å². The van der Waals surface area contributed by atoms with Gasteiger partial charge in [-0.05, 0) is 31.2 Å². The Morgan fingerprint density at radius 1 is 1.00 bits per heavy atom. The van der Waals surface area contributed by atoms with E-state index in [1.165, 1.54) is 38.5 Å². The lowest BCUT2D eigenvalue weighted by atomic mass is 9.72. The topological polar surface area (TPSA) is 127 Å². The monoisotopic (exact) mass is 409 g/mol. The maximum atomic E-state index is 10.6. The molecule has 0 atom stereocenters. The van der Waals surface area contributed by atoms with Crippen LogP contribution in [0.25, 0.3) is 0 Å². The molecule has 0 aromatic heterocycles. The molecule has 0 radical (unpaired) electrons. The summed E-state index contributed by atoms with van der Waals surface area (Å²) in [5.74, 6) is -0.706. The fourth-order valence-electron chi connectivity index (χ4n) is 3.48. The Hall–Kier alpha value is -0.700. The van der Waals surface area contributed by atoms with E-state index in [2.05, 4.69) is 11.1 Å². The molecular weight excluding hydrogens is 370 g/mol. The Kier molecular flexibility index (Phi) is 14.9. The van der Waals surface area contributed by atoms with Gasteiger partial charge < -0.3 is 10.8 Å². The number of unbranched alkanes of at least 4 members (excludes halogenated alkanes) is 7. The van der Waals surface area contributed by atoms with E-state index < -0.39 is 16.4 Å². The number of nitrogens with two attached hydrogens (primary N) is 1. The van der Waals surface area contributed by atoms with Crippen LogP contribution < -0.4 is 5.73 Å². The largest absolute Gasteiger partial charge is 0.481 e. The lowest BCUT2D eigenvalue weighted by molar-refractivity contribution is -0.140. The zero-order valence-electron chi connectivity index (χ0n) is 16.8. The summed E-state index contributed by atoms with van der Waals surface area (Å²) >= 11 is 0. The summed E-state index contributed by atoms with van der Waals surface area (Å²) in [6.07, 6.45) is 14.8. The third kappa shape index (κ3) is 16.0. The molecule has 0 saturated heterocycles. The first-order chi connectivity index (χ1) is 12.7. The van der Waals surface area contributed by atoms with Gasteiger partial charge in [0.15, 0.2) is 0 Å². The zero-order valence-corrected chi connectivity index (χ0v) is 17.6. The van der Waals surface area contributed by atoms with Crippen LogP contribution in [0.1, 0.15) is 96.8 Å². The van der Waals surface area contributed by atoms with Crippen LogP contribution >= 0.6 is 0 Å². The average molecular weight is 410 g/mol. The first kappa shape index (κ1) is 26.3. The van der Waals surface area contributed by atoms with Crippen LogP contribution in [0, 0.1) is 5.41 Å². The van der Waals surface area contributed by atoms with Crippen molar-refractivity contribution in [3.63, 3.8) is 0 Å². The van der Waals surface area contributed by atoms with E-state index >= 15 is 0 Å². The van der Waals surface area contributed by atoms with Crippen molar-refractivity contribution in [2.24, 2.45) is 11.1 Å². The van der Waals surface area contributed by atoms with Crippen LogP contribution in [0.2, 0.25) is 0 Å². The summed E-state index contributed by atoms with van der Waals surface area (Å²) in [7, 11) is -4.23. The van der Waals surface area contributed by atoms with E-state index in [-0.39, 0.29) is 18.4 Å². The van der Waals surface area contributed by atoms with Gasteiger partial charge in [-0.1, -0.05) is 71.1 Å². The normalized spacial score (nSPS) is 16.4. The Labute approximate surface area is 165 Å². The van der Waals surface area contributed by atoms with Crippen LogP contribution in [0.5, 0.6) is 0 Å². The van der Waals surface area contributed by atoms with E-state index in [4.69, 9.17) is 15.4 Å². The maximum Gasteiger partial charge on any atom is 0.397 e. The summed E-state index contributed by atoms with van der Waals surface area (Å²) in [5.41, 5.74) is 5.54. The Bertz CT molecular complexity index is 475. The van der Waals surface area contributed by atoms with Crippen molar-refractivity contribution in [2.45, 2.75) is 96.8 Å². The van der Waals surface area contributed by atoms with Crippen molar-refractivity contribution in [1.29, 1.82) is 0 Å². The number of rotatable bonds is 13. The number of carboxylic acids is 1. The molecule has 0 bridgehead atoms. The van der Waals surface area contributed by atoms with Crippen LogP contribution in [0.15, 0.2) is 0 Å². The maximum absolute atomic E-state index is 10.6. The van der Waals surface area contributed by atoms with Crippen molar-refractivity contribution >= 4 is 16.4 Å². The van der Waals surface area contributed by atoms with Gasteiger partial charge in [-0.2, -0.15) is 8.42 Å². The Morgan fingerprint density at radius 2 is 1.52 bits per heavy atom. The SMILES string of the molecule is CCCCCCCCCCOS(=O)(=O)O.NCC1(CC(=O)O)CCCCC1. The Balaban J connectivity index is 0.000000511. The van der Waals surface area contributed by atoms with Crippen molar-refractivity contribution in [1.82, 2.24) is 0 Å². The second-order valence-corrected chi connectivity index (χ2v) is 8.65. The molecule has 0 heterocycles. The smallest absolute Gasteiger partial charge is 0.397 e. The highest BCUT2D eigenvalue weighted by molar-refractivity contribution is 7.80. The fourth-order valence-corrected chi connectivity index (χ4v) is 3.80. The standard InChI is InChI=1S/C10H22O4S.C9H17NO2/c1-2-3-4-5-6-7-8-9-10-14-15(11,12)13;10-7-9(6-8(11)12)4-2-1-3-5-9/h2-10H2,1H3,(H,11,12,13);1-7,10H2,(H,11,12). The van der Waals surface area contributed by atoms with Crippen LogP contribution in [-0.4, -0.2) is 37.2 Å². The summed E-state index contributed by atoms with van der Waals surface area (Å²) < 4.78 is 32.8. The number of hydrogen-bond donors (Lipinski definition) is 3. The molecule has 0 unspecified atom stereocenters. The first-order valence-corrected chi connectivity index (χ1v) is 11.6. The van der Waals surface area contributed by atoms with Gasteiger partial charge in [0.25, 0.3) is 0 Å². The summed E-state index contributed by atoms with van der Waals surface area (Å²) in [6.45, 7) is 2.81. The predicted molar refractivity (Wildman–Crippen MR) is 107 cm³/mol. The Morgan fingerprint density at radius 3 is 1.96 bits per heavy atom. The molecule has 7 nitrogen and oxygen atoms in total. The van der Waals surface area contributed by atoms with Gasteiger partial charge in [0.05, 0.1) is 13.0 Å². The third-order valence-corrected chi connectivity index (χ3v) is 5.57. The third-order valence-electron chi connectivity index (χ3n) is 5.10. The summed E-state index contributed by atoms with van der Waals surface area (Å²) in [5, 5.41) is 8.71. The minimum atomic E-state index is -4.23. The fraction of sp³-hybridized carbons (Fsp3) is 0.947. The van der Waals surface area contributed by atoms with E-state index in [0.29, 0.717) is 13.0 Å². The second-order valence-electron chi connectivity index (χ2n) is 7.56. The highest BCUT2D eigenvalue weighted by atomic mass is 32.3. The van der Waals surface area contributed by atoms with Crippen molar-refractivity contribution in [3.05, 3.63) is 0 Å². The summed E-state index contributed by atoms with van der Waals surface area (Å²) in [6, 6.07) is 0. The molecule has 0 spiro atoms. The molecule has 1 aliphatic rings. The second kappa shape index (κ2) is 15.2. The molecule has 0 amide bonds. The average Bonchev–Trinajstić information content (AvgIpc) is 2.60. The molecule has 1 saturated carbocycles. The number of carboxylic acid groups (broad SMARTS) is 1. The molecule has 27 heavy (non-hydrogen) atoms. The van der Waals surface area contributed by atoms with Gasteiger partial charge in [-0.25, -0.2) is 4.18 Å². The molecule has 1 rings (SSSR count). The van der Waals surface area contributed by atoms with E-state index in [9.17, 15) is 13.2 Å².